The van der Waals surface area contributed by atoms with Gasteiger partial charge in [0.15, 0.2) is 0 Å². The van der Waals surface area contributed by atoms with Crippen LogP contribution in [0.15, 0.2) is 10.5 Å². The fourth-order valence-electron chi connectivity index (χ4n) is 1.59. The molecule has 1 aromatic rings. The molecular weight excluding hydrogens is 309 g/mol. The first-order valence-corrected chi connectivity index (χ1v) is 5.51. The Morgan fingerprint density at radius 2 is 2.06 bits per heavy atom. The molecule has 17 heavy (non-hydrogen) atoms. The molecule has 1 atom stereocenters. The fourth-order valence-corrected chi connectivity index (χ4v) is 1.92. The number of hydrogen-bond donors (Lipinski definition) is 2. The van der Waals surface area contributed by atoms with Gasteiger partial charge < -0.3 is 15.6 Å². The van der Waals surface area contributed by atoms with Gasteiger partial charge in [0.2, 0.25) is 0 Å². The minimum Gasteiger partial charge on any atom is -0.508 e. The summed E-state index contributed by atoms with van der Waals surface area (Å²) in [5.41, 5.74) is 7.74. The van der Waals surface area contributed by atoms with E-state index in [1.807, 2.05) is 6.92 Å². The maximum atomic E-state index is 11.3. The van der Waals surface area contributed by atoms with Crippen molar-refractivity contribution in [2.75, 3.05) is 7.11 Å². The highest BCUT2D eigenvalue weighted by molar-refractivity contribution is 9.10. The Hall–Kier alpha value is -0.780. The lowest BCUT2D eigenvalue weighted by molar-refractivity contribution is -0.142. The number of halogens is 2. The molecule has 0 saturated carbocycles. The molecule has 0 aliphatic rings. The Balaban J connectivity index is 0.00000256. The number of esters is 1. The number of ether oxygens (including phenoxy) is 1. The van der Waals surface area contributed by atoms with Crippen molar-refractivity contribution in [1.82, 2.24) is 0 Å². The summed E-state index contributed by atoms with van der Waals surface area (Å²) < 4.78 is 5.39. The normalized spacial score (nSPS) is 11.6. The Bertz CT molecular complexity index is 437. The van der Waals surface area contributed by atoms with E-state index in [2.05, 4.69) is 20.7 Å². The maximum absolute atomic E-state index is 11.3. The first-order valence-electron chi connectivity index (χ1n) is 4.72. The molecule has 3 N–H and O–H groups in total. The number of aryl methyl sites for hydroxylation is 1. The minimum atomic E-state index is -0.970. The Labute approximate surface area is 115 Å². The molecule has 1 aromatic carbocycles. The van der Waals surface area contributed by atoms with Crippen LogP contribution in [0, 0.1) is 13.8 Å². The second-order valence-corrected chi connectivity index (χ2v) is 4.36. The van der Waals surface area contributed by atoms with Gasteiger partial charge >= 0.3 is 5.97 Å². The topological polar surface area (TPSA) is 72.5 Å². The van der Waals surface area contributed by atoms with E-state index in [0.717, 1.165) is 15.6 Å². The van der Waals surface area contributed by atoms with Gasteiger partial charge in [-0.2, -0.15) is 0 Å². The first-order chi connectivity index (χ1) is 7.40. The van der Waals surface area contributed by atoms with E-state index >= 15 is 0 Å². The number of nitrogens with two attached hydrogens (primary N) is 1. The Morgan fingerprint density at radius 1 is 1.53 bits per heavy atom. The van der Waals surface area contributed by atoms with Gasteiger partial charge in [-0.25, -0.2) is 0 Å². The number of hydrogen-bond acceptors (Lipinski definition) is 4. The van der Waals surface area contributed by atoms with E-state index in [-0.39, 0.29) is 18.2 Å². The number of carbonyl (C=O) groups is 1. The number of aromatic hydroxyl groups is 1. The maximum Gasteiger partial charge on any atom is 0.327 e. The molecule has 0 unspecified atom stereocenters. The van der Waals surface area contributed by atoms with Crippen molar-refractivity contribution in [2.24, 2.45) is 5.73 Å². The summed E-state index contributed by atoms with van der Waals surface area (Å²) in [6.45, 7) is 3.64. The van der Waals surface area contributed by atoms with Gasteiger partial charge in [-0.1, -0.05) is 15.9 Å². The van der Waals surface area contributed by atoms with Gasteiger partial charge in [-0.05, 0) is 31.0 Å². The largest absolute Gasteiger partial charge is 0.508 e. The summed E-state index contributed by atoms with van der Waals surface area (Å²) in [6, 6.07) is 0.594. The molecule has 96 valence electrons. The lowest BCUT2D eigenvalue weighted by Crippen LogP contribution is -2.23. The molecule has 0 saturated heterocycles. The molecular formula is C11H15BrClNO3. The van der Waals surface area contributed by atoms with Crippen LogP contribution in [-0.4, -0.2) is 18.2 Å². The summed E-state index contributed by atoms with van der Waals surface area (Å²) in [7, 11) is 1.26. The highest BCUT2D eigenvalue weighted by Crippen LogP contribution is 2.34. The Kier molecular flexibility index (Phi) is 5.95. The van der Waals surface area contributed by atoms with E-state index in [9.17, 15) is 9.90 Å². The van der Waals surface area contributed by atoms with E-state index in [0.29, 0.717) is 5.56 Å². The van der Waals surface area contributed by atoms with Crippen molar-refractivity contribution < 1.29 is 14.6 Å². The van der Waals surface area contributed by atoms with Gasteiger partial charge in [0.25, 0.3) is 0 Å². The van der Waals surface area contributed by atoms with Crippen LogP contribution in [0.4, 0.5) is 0 Å². The zero-order valence-electron chi connectivity index (χ0n) is 9.78. The van der Waals surface area contributed by atoms with Crippen molar-refractivity contribution in [3.8, 4) is 5.75 Å². The minimum absolute atomic E-state index is 0. The SMILES string of the molecule is COC(=O)[C@H](N)c1c(O)cc(C)c(Br)c1C.Cl. The van der Waals surface area contributed by atoms with Crippen LogP contribution < -0.4 is 5.73 Å². The molecule has 0 aliphatic heterocycles. The van der Waals surface area contributed by atoms with E-state index in [1.165, 1.54) is 7.11 Å². The molecule has 0 amide bonds. The monoisotopic (exact) mass is 323 g/mol. The van der Waals surface area contributed by atoms with Crippen LogP contribution in [0.2, 0.25) is 0 Å². The second kappa shape index (κ2) is 6.23. The highest BCUT2D eigenvalue weighted by atomic mass is 79.9. The molecule has 0 spiro atoms. The fraction of sp³-hybridized carbons (Fsp3) is 0.364. The Morgan fingerprint density at radius 3 is 2.53 bits per heavy atom. The average molecular weight is 325 g/mol. The van der Waals surface area contributed by atoms with E-state index in [4.69, 9.17) is 5.73 Å². The third kappa shape index (κ3) is 3.12. The summed E-state index contributed by atoms with van der Waals surface area (Å²) in [5.74, 6) is -0.565. The van der Waals surface area contributed by atoms with Crippen LogP contribution in [0.25, 0.3) is 0 Å². The lowest BCUT2D eigenvalue weighted by Gasteiger charge is -2.16. The first kappa shape index (κ1) is 16.2. The van der Waals surface area contributed by atoms with Crippen molar-refractivity contribution in [2.45, 2.75) is 19.9 Å². The second-order valence-electron chi connectivity index (χ2n) is 3.57. The molecule has 0 aliphatic carbocycles. The molecule has 0 fully saturated rings. The van der Waals surface area contributed by atoms with Crippen molar-refractivity contribution in [3.05, 3.63) is 27.2 Å². The molecule has 0 radical (unpaired) electrons. The third-order valence-electron chi connectivity index (χ3n) is 2.47. The van der Waals surface area contributed by atoms with Gasteiger partial charge in [-0.15, -0.1) is 12.4 Å². The van der Waals surface area contributed by atoms with E-state index < -0.39 is 12.0 Å². The standard InChI is InChI=1S/C11H14BrNO3.ClH/c1-5-4-7(14)8(6(2)9(5)12)10(13)11(15)16-3;/h4,10,14H,13H2,1-3H3;1H/t10-;/m1./s1. The summed E-state index contributed by atoms with van der Waals surface area (Å²) in [6.07, 6.45) is 0. The number of phenolic OH excluding ortho intramolecular Hbond substituents is 1. The molecule has 0 aromatic heterocycles. The molecule has 1 rings (SSSR count). The summed E-state index contributed by atoms with van der Waals surface area (Å²) in [4.78, 5) is 11.3. The lowest BCUT2D eigenvalue weighted by atomic mass is 9.98. The predicted octanol–water partition coefficient (Wildman–Crippen LogP) is 2.37. The van der Waals surface area contributed by atoms with Gasteiger partial charge in [0.1, 0.15) is 11.8 Å². The average Bonchev–Trinajstić information content (AvgIpc) is 2.24. The van der Waals surface area contributed by atoms with Crippen LogP contribution in [-0.2, 0) is 9.53 Å². The number of benzene rings is 1. The summed E-state index contributed by atoms with van der Waals surface area (Å²) >= 11 is 3.38. The third-order valence-corrected chi connectivity index (χ3v) is 3.69. The molecule has 0 bridgehead atoms. The predicted molar refractivity (Wildman–Crippen MR) is 71.5 cm³/mol. The number of phenols is 1. The van der Waals surface area contributed by atoms with Crippen LogP contribution in [0.5, 0.6) is 5.75 Å². The molecule has 0 heterocycles. The van der Waals surface area contributed by atoms with Gasteiger partial charge in [0.05, 0.1) is 7.11 Å². The number of methoxy groups -OCH3 is 1. The number of carbonyl (C=O) groups excluding carboxylic acids is 1. The van der Waals surface area contributed by atoms with Crippen molar-refractivity contribution >= 4 is 34.3 Å². The van der Waals surface area contributed by atoms with Gasteiger partial charge in [-0.3, -0.25) is 4.79 Å². The van der Waals surface area contributed by atoms with Gasteiger partial charge in [0, 0.05) is 10.0 Å². The highest BCUT2D eigenvalue weighted by Gasteiger charge is 2.23. The quantitative estimate of drug-likeness (QED) is 0.819. The molecule has 6 heteroatoms. The zero-order chi connectivity index (χ0) is 12.5. The van der Waals surface area contributed by atoms with Crippen molar-refractivity contribution in [3.63, 3.8) is 0 Å². The van der Waals surface area contributed by atoms with Crippen molar-refractivity contribution in [1.29, 1.82) is 0 Å². The van der Waals surface area contributed by atoms with Crippen LogP contribution >= 0.6 is 28.3 Å². The molecule has 4 nitrogen and oxygen atoms in total. The van der Waals surface area contributed by atoms with Crippen LogP contribution in [0.3, 0.4) is 0 Å². The van der Waals surface area contributed by atoms with Crippen LogP contribution in [0.1, 0.15) is 22.7 Å². The van der Waals surface area contributed by atoms with E-state index in [1.54, 1.807) is 13.0 Å². The zero-order valence-corrected chi connectivity index (χ0v) is 12.2. The smallest absolute Gasteiger partial charge is 0.327 e. The summed E-state index contributed by atoms with van der Waals surface area (Å²) in [5, 5.41) is 9.80. The number of rotatable bonds is 2.